The monoisotopic (exact) mass is 680 g/mol. The highest BCUT2D eigenvalue weighted by atomic mass is 32.2. The van der Waals surface area contributed by atoms with Crippen LogP contribution in [0, 0.1) is 5.92 Å². The first-order valence-electron chi connectivity index (χ1n) is 15.7. The maximum atomic E-state index is 13.1. The molecule has 0 aliphatic carbocycles. The molecule has 2 aliphatic rings. The van der Waals surface area contributed by atoms with Gasteiger partial charge in [-0.2, -0.15) is 13.2 Å². The number of ether oxygens (including phenoxy) is 1. The van der Waals surface area contributed by atoms with Crippen LogP contribution in [-0.4, -0.2) is 71.3 Å². The van der Waals surface area contributed by atoms with Gasteiger partial charge in [0, 0.05) is 45.3 Å². The zero-order chi connectivity index (χ0) is 33.7. The van der Waals surface area contributed by atoms with Crippen molar-refractivity contribution in [2.75, 3.05) is 71.3 Å². The molecule has 4 aromatic carbocycles. The molecule has 0 fully saturated rings. The van der Waals surface area contributed by atoms with Gasteiger partial charge in [0.2, 0.25) is 0 Å². The topological polar surface area (TPSA) is 22.2 Å². The van der Waals surface area contributed by atoms with Gasteiger partial charge in [-0.15, -0.1) is 0 Å². The van der Waals surface area contributed by atoms with Gasteiger partial charge in [0.25, 0.3) is 0 Å². The van der Waals surface area contributed by atoms with Crippen molar-refractivity contribution in [3.05, 3.63) is 90.5 Å². The number of methoxy groups -OCH3 is 1. The van der Waals surface area contributed by atoms with E-state index in [0.29, 0.717) is 18.2 Å². The van der Waals surface area contributed by atoms with E-state index in [1.165, 1.54) is 39.0 Å². The molecular formula is C37H43F3N4OS2. The van der Waals surface area contributed by atoms with Gasteiger partial charge >= 0.3 is 6.18 Å². The molecule has 0 N–H and O–H groups in total. The minimum absolute atomic E-state index is 0.570. The third-order valence-electron chi connectivity index (χ3n) is 7.94. The van der Waals surface area contributed by atoms with Gasteiger partial charge < -0.3 is 24.3 Å². The van der Waals surface area contributed by atoms with E-state index in [1.807, 2.05) is 61.1 Å². The summed E-state index contributed by atoms with van der Waals surface area (Å²) in [6, 6.07) is 26.9. The highest BCUT2D eigenvalue weighted by Gasteiger charge is 2.33. The molecule has 47 heavy (non-hydrogen) atoms. The fourth-order valence-electron chi connectivity index (χ4n) is 5.92. The molecule has 1 atom stereocenters. The number of alkyl halides is 3. The average molecular weight is 681 g/mol. The first kappa shape index (κ1) is 35.0. The second-order valence-corrected chi connectivity index (χ2v) is 14.6. The summed E-state index contributed by atoms with van der Waals surface area (Å²) in [4.78, 5) is 13.3. The van der Waals surface area contributed by atoms with Crippen LogP contribution in [0.4, 0.5) is 35.9 Å². The molecule has 0 saturated carbocycles. The fraction of sp³-hybridized carbons (Fsp3) is 0.351. The predicted octanol–water partition coefficient (Wildman–Crippen LogP) is 9.76. The second-order valence-electron chi connectivity index (χ2n) is 12.4. The summed E-state index contributed by atoms with van der Waals surface area (Å²) in [5.41, 5.74) is 3.57. The second kappa shape index (κ2) is 15.3. The quantitative estimate of drug-likeness (QED) is 0.173. The van der Waals surface area contributed by atoms with E-state index < -0.39 is 11.7 Å². The number of halogens is 3. The maximum absolute atomic E-state index is 13.1. The molecule has 2 heterocycles. The van der Waals surface area contributed by atoms with Crippen LogP contribution in [0.25, 0.3) is 0 Å². The van der Waals surface area contributed by atoms with E-state index in [4.69, 9.17) is 4.74 Å². The number of para-hydroxylation sites is 2. The van der Waals surface area contributed by atoms with Crippen molar-refractivity contribution in [2.24, 2.45) is 5.92 Å². The van der Waals surface area contributed by atoms with Crippen molar-refractivity contribution < 1.29 is 17.9 Å². The molecule has 0 radical (unpaired) electrons. The Labute approximate surface area is 285 Å². The summed E-state index contributed by atoms with van der Waals surface area (Å²) in [6.45, 7) is 5.95. The van der Waals surface area contributed by atoms with Crippen LogP contribution in [-0.2, 0) is 6.18 Å². The Kier molecular flexibility index (Phi) is 11.4. The van der Waals surface area contributed by atoms with Gasteiger partial charge in [0.05, 0.1) is 35.4 Å². The number of rotatable bonds is 9. The van der Waals surface area contributed by atoms with Crippen LogP contribution in [0.1, 0.15) is 18.9 Å². The van der Waals surface area contributed by atoms with Crippen LogP contribution < -0.4 is 14.5 Å². The van der Waals surface area contributed by atoms with Crippen molar-refractivity contribution in [1.82, 2.24) is 9.80 Å². The van der Waals surface area contributed by atoms with Crippen molar-refractivity contribution >= 4 is 46.3 Å². The Bertz CT molecular complexity index is 1660. The van der Waals surface area contributed by atoms with Crippen molar-refractivity contribution in [3.8, 4) is 5.75 Å². The molecule has 0 bridgehead atoms. The smallest absolute Gasteiger partial charge is 0.416 e. The normalized spacial score (nSPS) is 14.1. The summed E-state index contributed by atoms with van der Waals surface area (Å²) in [7, 11) is 9.98. The van der Waals surface area contributed by atoms with E-state index in [9.17, 15) is 13.2 Å². The molecule has 0 aromatic heterocycles. The molecule has 250 valence electrons. The largest absolute Gasteiger partial charge is 0.497 e. The van der Waals surface area contributed by atoms with Gasteiger partial charge in [-0.05, 0) is 102 Å². The first-order chi connectivity index (χ1) is 22.4. The lowest BCUT2D eigenvalue weighted by Crippen LogP contribution is -2.31. The predicted molar refractivity (Wildman–Crippen MR) is 190 cm³/mol. The van der Waals surface area contributed by atoms with Crippen molar-refractivity contribution in [1.29, 1.82) is 0 Å². The minimum atomic E-state index is -4.33. The SMILES string of the molecule is CN(C)CCCN1c2ccccc2Sc2ccc(C(F)(F)F)cc21.COc1ccc2c(c1)N(C[C@H](C)CN(C)C)c1ccccc1S2. The molecule has 0 saturated heterocycles. The lowest BCUT2D eigenvalue weighted by molar-refractivity contribution is -0.137. The Morgan fingerprint density at radius 3 is 1.83 bits per heavy atom. The lowest BCUT2D eigenvalue weighted by Gasteiger charge is -2.35. The number of anilines is 4. The molecule has 0 spiro atoms. The summed E-state index contributed by atoms with van der Waals surface area (Å²) >= 11 is 3.36. The lowest BCUT2D eigenvalue weighted by atomic mass is 10.1. The number of benzene rings is 4. The Morgan fingerprint density at radius 1 is 0.702 bits per heavy atom. The number of hydrogen-bond acceptors (Lipinski definition) is 7. The summed E-state index contributed by atoms with van der Waals surface area (Å²) in [5.74, 6) is 1.48. The summed E-state index contributed by atoms with van der Waals surface area (Å²) < 4.78 is 44.8. The standard InChI is InChI=1S/C19H24N2OS.C18H19F3N2S/c1-14(12-20(2)3)13-21-16-7-5-6-8-18(16)23-19-10-9-15(22-4)11-17(19)21;1-22(2)10-5-11-23-14-6-3-4-7-16(14)24-17-9-8-13(12-15(17)23)18(19,20)21/h5-11,14H,12-13H2,1-4H3;3-4,6-9,12H,5,10-11H2,1-2H3/t14-;/m1./s1. The Balaban J connectivity index is 0.000000185. The zero-order valence-corrected chi connectivity index (χ0v) is 29.5. The molecule has 0 unspecified atom stereocenters. The molecular weight excluding hydrogens is 638 g/mol. The third-order valence-corrected chi connectivity index (χ3v) is 10.2. The molecule has 4 aromatic rings. The first-order valence-corrected chi connectivity index (χ1v) is 17.4. The van der Waals surface area contributed by atoms with Crippen molar-refractivity contribution in [3.63, 3.8) is 0 Å². The van der Waals surface area contributed by atoms with Crippen LogP contribution in [0.5, 0.6) is 5.75 Å². The summed E-state index contributed by atoms with van der Waals surface area (Å²) in [5, 5.41) is 0. The van der Waals surface area contributed by atoms with E-state index in [2.05, 4.69) is 72.1 Å². The molecule has 0 amide bonds. The molecule has 2 aliphatic heterocycles. The van der Waals surface area contributed by atoms with Gasteiger partial charge in [-0.3, -0.25) is 0 Å². The third kappa shape index (κ3) is 8.59. The minimum Gasteiger partial charge on any atom is -0.497 e. The van der Waals surface area contributed by atoms with Gasteiger partial charge in [-0.25, -0.2) is 0 Å². The molecule has 5 nitrogen and oxygen atoms in total. The fourth-order valence-corrected chi connectivity index (χ4v) is 8.07. The number of fused-ring (bicyclic) bond motifs is 4. The molecule has 10 heteroatoms. The zero-order valence-electron chi connectivity index (χ0n) is 27.8. The molecule has 6 rings (SSSR count). The van der Waals surface area contributed by atoms with E-state index in [1.54, 1.807) is 13.2 Å². The van der Waals surface area contributed by atoms with Gasteiger partial charge in [0.15, 0.2) is 0 Å². The van der Waals surface area contributed by atoms with Crippen LogP contribution >= 0.6 is 23.5 Å². The Hall–Kier alpha value is -3.31. The number of hydrogen-bond donors (Lipinski definition) is 0. The van der Waals surface area contributed by atoms with Crippen molar-refractivity contribution in [2.45, 2.75) is 39.1 Å². The Morgan fingerprint density at radius 2 is 1.26 bits per heavy atom. The van der Waals surface area contributed by atoms with Crippen LogP contribution in [0.3, 0.4) is 0 Å². The van der Waals surface area contributed by atoms with Gasteiger partial charge in [-0.1, -0.05) is 54.7 Å². The highest BCUT2D eigenvalue weighted by Crippen LogP contribution is 2.50. The van der Waals surface area contributed by atoms with E-state index in [0.717, 1.165) is 53.3 Å². The van der Waals surface area contributed by atoms with Crippen LogP contribution in [0.2, 0.25) is 0 Å². The maximum Gasteiger partial charge on any atom is 0.416 e. The van der Waals surface area contributed by atoms with Gasteiger partial charge in [0.1, 0.15) is 5.75 Å². The highest BCUT2D eigenvalue weighted by molar-refractivity contribution is 8.00. The van der Waals surface area contributed by atoms with Crippen LogP contribution in [0.15, 0.2) is 105 Å². The average Bonchev–Trinajstić information content (AvgIpc) is 3.03. The summed E-state index contributed by atoms with van der Waals surface area (Å²) in [6.07, 6.45) is -3.45. The van der Waals surface area contributed by atoms with E-state index >= 15 is 0 Å². The van der Waals surface area contributed by atoms with E-state index in [-0.39, 0.29) is 0 Å². The number of nitrogens with zero attached hydrogens (tertiary/aromatic N) is 4.